The summed E-state index contributed by atoms with van der Waals surface area (Å²) in [6.45, 7) is 0.0784. The molecule has 1 aliphatic carbocycles. The van der Waals surface area contributed by atoms with Crippen molar-refractivity contribution in [2.24, 2.45) is 5.73 Å². The molecule has 5 N–H and O–H groups in total. The van der Waals surface area contributed by atoms with Crippen LogP contribution in [0.5, 0.6) is 0 Å². The number of sulfonamides is 1. The molecule has 0 saturated heterocycles. The van der Waals surface area contributed by atoms with Crippen molar-refractivity contribution in [1.29, 1.82) is 0 Å². The van der Waals surface area contributed by atoms with E-state index >= 15 is 0 Å². The molecule has 3 aromatic rings. The van der Waals surface area contributed by atoms with Gasteiger partial charge in [0, 0.05) is 36.6 Å². The Kier molecular flexibility index (Phi) is 8.03. The van der Waals surface area contributed by atoms with Crippen molar-refractivity contribution >= 4 is 33.1 Å². The number of rotatable bonds is 9. The number of amides is 1. The van der Waals surface area contributed by atoms with E-state index in [0.29, 0.717) is 23.0 Å². The van der Waals surface area contributed by atoms with Gasteiger partial charge in [-0.25, -0.2) is 26.9 Å². The lowest BCUT2D eigenvalue weighted by Gasteiger charge is -2.29. The number of carbonyl (C=O) groups is 1. The van der Waals surface area contributed by atoms with Crippen LogP contribution in [0.25, 0.3) is 0 Å². The van der Waals surface area contributed by atoms with Crippen LogP contribution < -0.4 is 21.1 Å². The second-order valence-corrected chi connectivity index (χ2v) is 11.1. The molecule has 0 radical (unpaired) electrons. The highest BCUT2D eigenvalue weighted by atomic mass is 32.2. The molecule has 8 nitrogen and oxygen atoms in total. The predicted octanol–water partition coefficient (Wildman–Crippen LogP) is 4.39. The molecule has 1 aromatic heterocycles. The Morgan fingerprint density at radius 3 is 2.27 bits per heavy atom. The van der Waals surface area contributed by atoms with E-state index in [-0.39, 0.29) is 18.2 Å². The molecule has 1 aliphatic rings. The maximum atomic E-state index is 13.5. The molecule has 196 valence electrons. The lowest BCUT2D eigenvalue weighted by molar-refractivity contribution is 0.100. The number of anilines is 3. The van der Waals surface area contributed by atoms with Crippen LogP contribution in [0.1, 0.15) is 53.1 Å². The van der Waals surface area contributed by atoms with Gasteiger partial charge in [-0.05, 0) is 67.0 Å². The van der Waals surface area contributed by atoms with Crippen molar-refractivity contribution in [3.8, 4) is 0 Å². The van der Waals surface area contributed by atoms with E-state index in [9.17, 15) is 22.0 Å². The Bertz CT molecular complexity index is 1360. The Balaban J connectivity index is 1.41. The van der Waals surface area contributed by atoms with E-state index in [4.69, 9.17) is 5.73 Å². The fraction of sp³-hybridized carbons (Fsp3) is 0.308. The Hall–Kier alpha value is -3.57. The molecule has 0 atom stereocenters. The number of halogens is 2. The van der Waals surface area contributed by atoms with E-state index in [1.807, 2.05) is 24.3 Å². The summed E-state index contributed by atoms with van der Waals surface area (Å²) in [6.07, 6.45) is 5.93. The molecule has 1 amide bonds. The largest absolute Gasteiger partial charge is 0.380 e. The maximum absolute atomic E-state index is 13.5. The van der Waals surface area contributed by atoms with Crippen molar-refractivity contribution in [2.45, 2.75) is 44.2 Å². The highest BCUT2D eigenvalue weighted by Gasteiger charge is 2.24. The normalized spacial score (nSPS) is 17.8. The van der Waals surface area contributed by atoms with Crippen LogP contribution in [-0.2, 0) is 16.6 Å². The number of nitrogens with zero attached hydrogens (tertiary/aromatic N) is 1. The Morgan fingerprint density at radius 2 is 1.68 bits per heavy atom. The lowest BCUT2D eigenvalue weighted by Crippen LogP contribution is -2.36. The molecule has 4 rings (SSSR count). The number of pyridine rings is 1. The summed E-state index contributed by atoms with van der Waals surface area (Å²) in [5.74, 6) is -1.24. The van der Waals surface area contributed by atoms with Crippen LogP contribution >= 0.6 is 0 Å². The van der Waals surface area contributed by atoms with Crippen molar-refractivity contribution < 1.29 is 22.0 Å². The molecule has 1 heterocycles. The number of hydrogen-bond donors (Lipinski definition) is 4. The molecule has 0 aliphatic heterocycles. The molecule has 11 heteroatoms. The van der Waals surface area contributed by atoms with Crippen LogP contribution in [0, 0.1) is 11.6 Å². The third kappa shape index (κ3) is 7.46. The smallest absolute Gasteiger partial charge is 0.252 e. The van der Waals surface area contributed by atoms with Gasteiger partial charge >= 0.3 is 0 Å². The summed E-state index contributed by atoms with van der Waals surface area (Å²) in [5.41, 5.74) is 8.34. The average Bonchev–Trinajstić information content (AvgIpc) is 2.82. The minimum Gasteiger partial charge on any atom is -0.380 e. The quantitative estimate of drug-likeness (QED) is 0.326. The number of aromatic nitrogens is 1. The SMILES string of the molecule is CS(=O)(=O)NC1CCC(c2ccc(Nc3cc(NCc4cc(F)cc(F)c4)c(C(N)=O)cn3)cc2)CC1. The number of primary amides is 1. The fourth-order valence-electron chi connectivity index (χ4n) is 4.61. The first-order valence-electron chi connectivity index (χ1n) is 11.9. The predicted molar refractivity (Wildman–Crippen MR) is 139 cm³/mol. The van der Waals surface area contributed by atoms with Crippen LogP contribution in [0.15, 0.2) is 54.7 Å². The van der Waals surface area contributed by atoms with E-state index < -0.39 is 27.6 Å². The van der Waals surface area contributed by atoms with Crippen molar-refractivity contribution in [1.82, 2.24) is 9.71 Å². The van der Waals surface area contributed by atoms with Crippen LogP contribution in [0.2, 0.25) is 0 Å². The summed E-state index contributed by atoms with van der Waals surface area (Å²) in [7, 11) is -3.20. The second kappa shape index (κ2) is 11.2. The first-order chi connectivity index (χ1) is 17.6. The van der Waals surface area contributed by atoms with Gasteiger partial charge in [-0.2, -0.15) is 0 Å². The number of carbonyl (C=O) groups excluding carboxylic acids is 1. The van der Waals surface area contributed by atoms with Gasteiger partial charge in [0.2, 0.25) is 10.0 Å². The molecule has 2 aromatic carbocycles. The topological polar surface area (TPSA) is 126 Å². The first kappa shape index (κ1) is 26.5. The van der Waals surface area contributed by atoms with Gasteiger partial charge < -0.3 is 16.4 Å². The lowest BCUT2D eigenvalue weighted by atomic mass is 9.82. The highest BCUT2D eigenvalue weighted by Crippen LogP contribution is 2.34. The molecule has 1 fully saturated rings. The van der Waals surface area contributed by atoms with Gasteiger partial charge in [-0.1, -0.05) is 12.1 Å². The zero-order chi connectivity index (χ0) is 26.6. The summed E-state index contributed by atoms with van der Waals surface area (Å²) in [5, 5.41) is 6.19. The van der Waals surface area contributed by atoms with Gasteiger partial charge in [0.05, 0.1) is 17.5 Å². The monoisotopic (exact) mass is 529 g/mol. The Labute approximate surface area is 214 Å². The van der Waals surface area contributed by atoms with Crippen molar-refractivity contribution in [3.05, 3.63) is 83.1 Å². The molecule has 0 bridgehead atoms. The first-order valence-corrected chi connectivity index (χ1v) is 13.8. The van der Waals surface area contributed by atoms with Gasteiger partial charge in [0.15, 0.2) is 0 Å². The van der Waals surface area contributed by atoms with Crippen molar-refractivity contribution in [2.75, 3.05) is 16.9 Å². The molecule has 0 unspecified atom stereocenters. The summed E-state index contributed by atoms with van der Waals surface area (Å²) in [6, 6.07) is 12.7. The van der Waals surface area contributed by atoms with Crippen molar-refractivity contribution in [3.63, 3.8) is 0 Å². The number of nitrogens with one attached hydrogen (secondary N) is 3. The maximum Gasteiger partial charge on any atom is 0.252 e. The van der Waals surface area contributed by atoms with E-state index in [1.54, 1.807) is 6.07 Å². The van der Waals surface area contributed by atoms with Gasteiger partial charge in [-0.3, -0.25) is 4.79 Å². The number of nitrogens with two attached hydrogens (primary N) is 1. The van der Waals surface area contributed by atoms with Gasteiger partial charge in [-0.15, -0.1) is 0 Å². The molecular weight excluding hydrogens is 500 g/mol. The van der Waals surface area contributed by atoms with E-state index in [1.165, 1.54) is 30.1 Å². The van der Waals surface area contributed by atoms with Crippen LogP contribution in [-0.4, -0.2) is 31.6 Å². The second-order valence-electron chi connectivity index (χ2n) is 9.30. The zero-order valence-corrected chi connectivity index (χ0v) is 21.1. The highest BCUT2D eigenvalue weighted by molar-refractivity contribution is 7.88. The summed E-state index contributed by atoms with van der Waals surface area (Å²) < 4.78 is 52.6. The van der Waals surface area contributed by atoms with Gasteiger partial charge in [0.1, 0.15) is 17.5 Å². The minimum atomic E-state index is -3.20. The number of benzene rings is 2. The summed E-state index contributed by atoms with van der Waals surface area (Å²) in [4.78, 5) is 16.1. The minimum absolute atomic E-state index is 0.00983. The van der Waals surface area contributed by atoms with Crippen LogP contribution in [0.3, 0.4) is 0 Å². The zero-order valence-electron chi connectivity index (χ0n) is 20.3. The molecule has 37 heavy (non-hydrogen) atoms. The third-order valence-electron chi connectivity index (χ3n) is 6.34. The molecule has 1 saturated carbocycles. The Morgan fingerprint density at radius 1 is 1.03 bits per heavy atom. The molecular formula is C26H29F2N5O3S. The van der Waals surface area contributed by atoms with Crippen LogP contribution in [0.4, 0.5) is 26.0 Å². The summed E-state index contributed by atoms with van der Waals surface area (Å²) >= 11 is 0. The van der Waals surface area contributed by atoms with E-state index in [2.05, 4.69) is 20.3 Å². The third-order valence-corrected chi connectivity index (χ3v) is 7.10. The molecule has 0 spiro atoms. The standard InChI is InChI=1S/C26H29F2N5O3S/c1-37(35,36)33-22-8-4-18(5-9-22)17-2-6-21(7-3-17)32-25-13-24(23(15-31-25)26(29)34)30-14-16-10-19(27)12-20(28)11-16/h2-3,6-7,10-13,15,18,22,33H,4-5,8-9,14H2,1H3,(H2,29,34)(H2,30,31,32). The van der Waals surface area contributed by atoms with E-state index in [0.717, 1.165) is 37.4 Å². The fourth-order valence-corrected chi connectivity index (χ4v) is 5.45. The average molecular weight is 530 g/mol. The van der Waals surface area contributed by atoms with Gasteiger partial charge in [0.25, 0.3) is 5.91 Å². The number of hydrogen-bond acceptors (Lipinski definition) is 6.